The van der Waals surface area contributed by atoms with E-state index in [-0.39, 0.29) is 22.2 Å². The Kier molecular flexibility index (Phi) is 3.77. The van der Waals surface area contributed by atoms with Crippen LogP contribution in [0.15, 0.2) is 46.1 Å². The molecule has 10 nitrogen and oxygen atoms in total. The van der Waals surface area contributed by atoms with Gasteiger partial charge in [-0.25, -0.2) is 9.59 Å². The molecule has 0 aliphatic carbocycles. The fraction of sp³-hybridized carbons (Fsp3) is 0.167. The molecule has 0 saturated carbocycles. The number of carbonyl (C=O) groups is 3. The molecule has 3 aromatic rings. The van der Waals surface area contributed by atoms with Crippen LogP contribution < -0.4 is 11.2 Å². The van der Waals surface area contributed by atoms with Gasteiger partial charge in [0.2, 0.25) is 0 Å². The third-order valence-corrected chi connectivity index (χ3v) is 4.61. The van der Waals surface area contributed by atoms with E-state index in [0.29, 0.717) is 5.06 Å². The highest BCUT2D eigenvalue weighted by Gasteiger charge is 2.38. The second-order valence-electron chi connectivity index (χ2n) is 6.30. The SMILES string of the molecule is Cn1c(=O)c2ccn(CC(=O)ON3C(=O)c4ccccc4C3=O)c2n(C)c1=O. The molecule has 2 aromatic heterocycles. The second-order valence-corrected chi connectivity index (χ2v) is 6.30. The van der Waals surface area contributed by atoms with Crippen molar-refractivity contribution in [1.82, 2.24) is 18.8 Å². The summed E-state index contributed by atoms with van der Waals surface area (Å²) in [5.41, 5.74) is -0.514. The van der Waals surface area contributed by atoms with Crippen molar-refractivity contribution in [3.8, 4) is 0 Å². The van der Waals surface area contributed by atoms with E-state index in [1.807, 2.05) is 0 Å². The molecular formula is C18H14N4O6. The Morgan fingerprint density at radius 2 is 1.54 bits per heavy atom. The summed E-state index contributed by atoms with van der Waals surface area (Å²) in [6.07, 6.45) is 1.45. The minimum absolute atomic E-state index is 0.151. The standard InChI is InChI=1S/C18H14N4O6/c1-19-14-12(15(24)20(2)18(19)27)7-8-21(14)9-13(23)28-22-16(25)10-5-3-4-6-11(10)17(22)26/h3-8H,9H2,1-2H3. The summed E-state index contributed by atoms with van der Waals surface area (Å²) >= 11 is 0. The topological polar surface area (TPSA) is 113 Å². The number of aromatic nitrogens is 3. The summed E-state index contributed by atoms with van der Waals surface area (Å²) in [4.78, 5) is 66.2. The Bertz CT molecular complexity index is 1260. The van der Waals surface area contributed by atoms with Crippen molar-refractivity contribution in [2.75, 3.05) is 0 Å². The van der Waals surface area contributed by atoms with Gasteiger partial charge < -0.3 is 9.40 Å². The number of hydrogen-bond donors (Lipinski definition) is 0. The van der Waals surface area contributed by atoms with Crippen molar-refractivity contribution in [2.24, 2.45) is 14.1 Å². The van der Waals surface area contributed by atoms with Gasteiger partial charge >= 0.3 is 11.7 Å². The number of hydrogen-bond acceptors (Lipinski definition) is 6. The van der Waals surface area contributed by atoms with Gasteiger partial charge in [0.15, 0.2) is 0 Å². The average Bonchev–Trinajstić information content (AvgIpc) is 3.20. The lowest BCUT2D eigenvalue weighted by atomic mass is 10.1. The molecule has 1 aromatic carbocycles. The molecule has 142 valence electrons. The van der Waals surface area contributed by atoms with Gasteiger partial charge in [0.25, 0.3) is 17.4 Å². The number of benzene rings is 1. The van der Waals surface area contributed by atoms with Gasteiger partial charge in [-0.2, -0.15) is 0 Å². The minimum Gasteiger partial charge on any atom is -0.328 e. The van der Waals surface area contributed by atoms with Crippen LogP contribution in [-0.2, 0) is 30.3 Å². The highest BCUT2D eigenvalue weighted by molar-refractivity contribution is 6.20. The van der Waals surface area contributed by atoms with Crippen molar-refractivity contribution in [1.29, 1.82) is 0 Å². The van der Waals surface area contributed by atoms with E-state index >= 15 is 0 Å². The molecule has 0 atom stereocenters. The van der Waals surface area contributed by atoms with E-state index in [0.717, 1.165) is 4.57 Å². The van der Waals surface area contributed by atoms with Crippen molar-refractivity contribution < 1.29 is 19.2 Å². The van der Waals surface area contributed by atoms with Crippen LogP contribution in [0, 0.1) is 0 Å². The van der Waals surface area contributed by atoms with E-state index in [1.165, 1.54) is 47.6 Å². The van der Waals surface area contributed by atoms with Crippen LogP contribution in [-0.4, -0.2) is 36.5 Å². The Morgan fingerprint density at radius 1 is 0.929 bits per heavy atom. The molecule has 4 rings (SSSR count). The first-order valence-corrected chi connectivity index (χ1v) is 8.24. The molecule has 0 spiro atoms. The molecule has 0 radical (unpaired) electrons. The van der Waals surface area contributed by atoms with Crippen LogP contribution in [0.5, 0.6) is 0 Å². The van der Waals surface area contributed by atoms with E-state index in [1.54, 1.807) is 12.1 Å². The number of fused-ring (bicyclic) bond motifs is 2. The maximum absolute atomic E-state index is 12.3. The van der Waals surface area contributed by atoms with Crippen LogP contribution in [0.2, 0.25) is 0 Å². The maximum atomic E-state index is 12.3. The van der Waals surface area contributed by atoms with Gasteiger partial charge in [0, 0.05) is 20.3 Å². The Morgan fingerprint density at radius 3 is 2.14 bits per heavy atom. The monoisotopic (exact) mass is 382 g/mol. The molecule has 1 aliphatic rings. The van der Waals surface area contributed by atoms with Crippen molar-refractivity contribution in [3.05, 3.63) is 68.5 Å². The van der Waals surface area contributed by atoms with E-state index in [2.05, 4.69) is 0 Å². The lowest BCUT2D eigenvalue weighted by Crippen LogP contribution is -2.37. The molecule has 0 N–H and O–H groups in total. The molecule has 0 bridgehead atoms. The fourth-order valence-corrected chi connectivity index (χ4v) is 3.24. The third kappa shape index (κ3) is 2.38. The largest absolute Gasteiger partial charge is 0.352 e. The summed E-state index contributed by atoms with van der Waals surface area (Å²) in [7, 11) is 2.83. The fourth-order valence-electron chi connectivity index (χ4n) is 3.24. The molecule has 28 heavy (non-hydrogen) atoms. The number of rotatable bonds is 3. The summed E-state index contributed by atoms with van der Waals surface area (Å²) in [5.74, 6) is -2.36. The normalized spacial score (nSPS) is 13.3. The Labute approximate surface area is 156 Å². The predicted octanol–water partition coefficient (Wildman–Crippen LogP) is -0.207. The Hall–Kier alpha value is -3.95. The van der Waals surface area contributed by atoms with Gasteiger partial charge in [-0.3, -0.25) is 23.5 Å². The van der Waals surface area contributed by atoms with Crippen LogP contribution in [0.1, 0.15) is 20.7 Å². The number of hydroxylamine groups is 2. The van der Waals surface area contributed by atoms with E-state index in [4.69, 9.17) is 4.84 Å². The zero-order valence-corrected chi connectivity index (χ0v) is 14.9. The second kappa shape index (κ2) is 6.05. The van der Waals surface area contributed by atoms with Gasteiger partial charge in [-0.05, 0) is 18.2 Å². The molecule has 0 unspecified atom stereocenters. The lowest BCUT2D eigenvalue weighted by molar-refractivity contribution is -0.169. The van der Waals surface area contributed by atoms with Crippen LogP contribution in [0.4, 0.5) is 0 Å². The number of amides is 2. The van der Waals surface area contributed by atoms with E-state index < -0.39 is 35.6 Å². The van der Waals surface area contributed by atoms with Crippen LogP contribution in [0.25, 0.3) is 11.0 Å². The van der Waals surface area contributed by atoms with Crippen molar-refractivity contribution >= 4 is 28.8 Å². The molecular weight excluding hydrogens is 368 g/mol. The van der Waals surface area contributed by atoms with Gasteiger partial charge in [0.1, 0.15) is 12.2 Å². The van der Waals surface area contributed by atoms with Gasteiger partial charge in [-0.1, -0.05) is 17.2 Å². The molecule has 3 heterocycles. The number of imide groups is 1. The minimum atomic E-state index is -0.903. The van der Waals surface area contributed by atoms with Crippen LogP contribution in [0.3, 0.4) is 0 Å². The number of nitrogens with zero attached hydrogens (tertiary/aromatic N) is 4. The lowest BCUT2D eigenvalue weighted by Gasteiger charge is -2.14. The highest BCUT2D eigenvalue weighted by atomic mass is 16.7. The average molecular weight is 382 g/mol. The zero-order valence-electron chi connectivity index (χ0n) is 14.9. The van der Waals surface area contributed by atoms with Crippen molar-refractivity contribution in [3.63, 3.8) is 0 Å². The summed E-state index contributed by atoms with van der Waals surface area (Å²) in [6.45, 7) is -0.405. The molecule has 10 heteroatoms. The first-order valence-electron chi connectivity index (χ1n) is 8.24. The summed E-state index contributed by atoms with van der Waals surface area (Å²) in [6, 6.07) is 7.61. The Balaban J connectivity index is 1.63. The summed E-state index contributed by atoms with van der Waals surface area (Å²) in [5, 5.41) is 0.662. The first kappa shape index (κ1) is 17.5. The smallest absolute Gasteiger partial charge is 0.328 e. The molecule has 0 saturated heterocycles. The predicted molar refractivity (Wildman–Crippen MR) is 95.5 cm³/mol. The third-order valence-electron chi connectivity index (χ3n) is 4.61. The van der Waals surface area contributed by atoms with Crippen LogP contribution >= 0.6 is 0 Å². The summed E-state index contributed by atoms with van der Waals surface area (Å²) < 4.78 is 3.54. The van der Waals surface area contributed by atoms with Crippen molar-refractivity contribution in [2.45, 2.75) is 6.54 Å². The highest BCUT2D eigenvalue weighted by Crippen LogP contribution is 2.22. The molecule has 2 amide bonds. The van der Waals surface area contributed by atoms with E-state index in [9.17, 15) is 24.0 Å². The first-order chi connectivity index (χ1) is 13.3. The molecule has 1 aliphatic heterocycles. The zero-order chi connectivity index (χ0) is 20.2. The maximum Gasteiger partial charge on any atom is 0.352 e. The quantitative estimate of drug-likeness (QED) is 0.580. The number of aryl methyl sites for hydroxylation is 1. The molecule has 0 fully saturated rings. The number of carbonyl (C=O) groups excluding carboxylic acids is 3. The van der Waals surface area contributed by atoms with Gasteiger partial charge in [0.05, 0.1) is 16.5 Å². The van der Waals surface area contributed by atoms with Gasteiger partial charge in [-0.15, -0.1) is 0 Å².